The number of pyridine rings is 1. The van der Waals surface area contributed by atoms with Gasteiger partial charge in [-0.15, -0.1) is 0 Å². The molecule has 0 radical (unpaired) electrons. The Morgan fingerprint density at radius 1 is 0.795 bits per heavy atom. The van der Waals surface area contributed by atoms with E-state index in [0.717, 1.165) is 21.5 Å². The minimum absolute atomic E-state index is 0.0762. The van der Waals surface area contributed by atoms with Gasteiger partial charge in [-0.2, -0.15) is 0 Å². The lowest BCUT2D eigenvalue weighted by atomic mass is 9.86. The highest BCUT2D eigenvalue weighted by Gasteiger charge is 2.37. The molecule has 194 valence electrons. The zero-order valence-corrected chi connectivity index (χ0v) is 23.7. The molecule has 0 unspecified atom stereocenters. The van der Waals surface area contributed by atoms with E-state index >= 15 is 0 Å². The van der Waals surface area contributed by atoms with Crippen LogP contribution in [0, 0.1) is 12.3 Å². The molecule has 0 N–H and O–H groups in total. The number of rotatable bonds is 5. The lowest BCUT2D eigenvalue weighted by molar-refractivity contribution is 0.410. The van der Waals surface area contributed by atoms with Gasteiger partial charge >= 0.3 is 0 Å². The van der Waals surface area contributed by atoms with Crippen LogP contribution in [-0.2, 0) is 6.37 Å². The van der Waals surface area contributed by atoms with Gasteiger partial charge in [-0.1, -0.05) is 118 Å². The predicted molar refractivity (Wildman–Crippen MR) is 168 cm³/mol. The van der Waals surface area contributed by atoms with Crippen molar-refractivity contribution >= 4 is 45.6 Å². The van der Waals surface area contributed by atoms with Crippen molar-refractivity contribution in [1.82, 2.24) is 4.98 Å². The van der Waals surface area contributed by atoms with E-state index in [-0.39, 0.29) is 11.1 Å². The number of aromatic nitrogens is 1. The van der Waals surface area contributed by atoms with Crippen molar-refractivity contribution in [3.63, 3.8) is 0 Å². The first-order valence-corrected chi connectivity index (χ1v) is 15.8. The summed E-state index contributed by atoms with van der Waals surface area (Å²) in [6, 6.07) is 35.1. The number of benzene rings is 4. The second kappa shape index (κ2) is 9.66. The Morgan fingerprint density at radius 2 is 1.41 bits per heavy atom. The quantitative estimate of drug-likeness (QED) is 0.169. The van der Waals surface area contributed by atoms with Crippen molar-refractivity contribution in [2.24, 2.45) is 5.41 Å². The van der Waals surface area contributed by atoms with Gasteiger partial charge in [-0.05, 0) is 57.5 Å². The van der Waals surface area contributed by atoms with E-state index < -0.39 is 26.7 Å². The van der Waals surface area contributed by atoms with Crippen LogP contribution in [-0.4, -0.2) is 13.1 Å². The molecule has 0 saturated carbocycles. The summed E-state index contributed by atoms with van der Waals surface area (Å²) < 4.78 is 49.1. The Balaban J connectivity index is 1.63. The van der Waals surface area contributed by atoms with E-state index in [4.69, 9.17) is 11.3 Å². The first-order valence-electron chi connectivity index (χ1n) is 15.8. The number of aryl methyl sites for hydroxylation is 1. The van der Waals surface area contributed by atoms with Gasteiger partial charge in [0.25, 0.3) is 0 Å². The smallest absolute Gasteiger partial charge is 0.150 e. The lowest BCUT2D eigenvalue weighted by Gasteiger charge is -2.29. The van der Waals surface area contributed by atoms with Crippen LogP contribution < -0.4 is 15.6 Å². The van der Waals surface area contributed by atoms with Crippen molar-refractivity contribution in [2.75, 3.05) is 0 Å². The molecule has 2 nitrogen and oxygen atoms in total. The summed E-state index contributed by atoms with van der Waals surface area (Å²) in [6.45, 7) is 5.18. The SMILES string of the molecule is [2H]C([2H])([2H])c1cnc(-c2cccc3c2oc2c([Si](C)(c4ccccc4)c4ccccc4)cccc23)cc1C([2H])([2H])C(C)(C)C. The molecule has 0 aliphatic heterocycles. The Labute approximate surface area is 239 Å². The van der Waals surface area contributed by atoms with Gasteiger partial charge < -0.3 is 4.42 Å². The molecule has 0 spiro atoms. The number of nitrogens with zero attached hydrogens (tertiary/aromatic N) is 1. The molecule has 2 heterocycles. The van der Waals surface area contributed by atoms with Gasteiger partial charge in [0.05, 0.1) is 5.69 Å². The maximum absolute atomic E-state index is 8.98. The monoisotopic (exact) mass is 530 g/mol. The van der Waals surface area contributed by atoms with Gasteiger partial charge in [-0.3, -0.25) is 4.98 Å². The molecule has 4 aromatic carbocycles. The third-order valence-corrected chi connectivity index (χ3v) is 11.9. The molecule has 0 amide bonds. The second-order valence-corrected chi connectivity index (χ2v) is 15.3. The minimum Gasteiger partial charge on any atom is -0.455 e. The molecule has 3 heteroatoms. The van der Waals surface area contributed by atoms with Crippen LogP contribution in [0.25, 0.3) is 33.2 Å². The summed E-state index contributed by atoms with van der Waals surface area (Å²) in [5, 5.41) is 5.63. The molecule has 0 fully saturated rings. The Bertz CT molecular complexity index is 1940. The van der Waals surface area contributed by atoms with Crippen molar-refractivity contribution in [3.05, 3.63) is 120 Å². The predicted octanol–water partition coefficient (Wildman–Crippen LogP) is 7.65. The number of hydrogen-bond donors (Lipinski definition) is 0. The maximum Gasteiger partial charge on any atom is 0.150 e. The molecule has 2 aromatic heterocycles. The summed E-state index contributed by atoms with van der Waals surface area (Å²) in [5.74, 6) is 0. The molecule has 0 aliphatic carbocycles. The minimum atomic E-state index is -2.51. The van der Waals surface area contributed by atoms with E-state index in [1.165, 1.54) is 16.6 Å². The highest BCUT2D eigenvalue weighted by molar-refractivity contribution is 7.11. The van der Waals surface area contributed by atoms with E-state index in [9.17, 15) is 0 Å². The van der Waals surface area contributed by atoms with Crippen LogP contribution in [0.1, 0.15) is 38.8 Å². The molecule has 6 rings (SSSR count). The average Bonchev–Trinajstić information content (AvgIpc) is 3.39. The van der Waals surface area contributed by atoms with E-state index in [1.807, 2.05) is 30.3 Å². The number of hydrogen-bond acceptors (Lipinski definition) is 2. The van der Waals surface area contributed by atoms with Crippen molar-refractivity contribution in [1.29, 1.82) is 0 Å². The van der Waals surface area contributed by atoms with Crippen molar-refractivity contribution in [2.45, 2.75) is 40.5 Å². The van der Waals surface area contributed by atoms with Crippen LogP contribution in [0.5, 0.6) is 0 Å². The fourth-order valence-corrected chi connectivity index (χ4v) is 9.29. The Kier molecular flexibility index (Phi) is 4.96. The van der Waals surface area contributed by atoms with Crippen molar-refractivity contribution in [3.8, 4) is 11.3 Å². The first-order chi connectivity index (χ1) is 20.7. The highest BCUT2D eigenvalue weighted by Crippen LogP contribution is 2.36. The molecule has 39 heavy (non-hydrogen) atoms. The molecule has 0 bridgehead atoms. The van der Waals surface area contributed by atoms with Gasteiger partial charge in [-0.25, -0.2) is 0 Å². The molecular weight excluding hydrogens is 490 g/mol. The average molecular weight is 531 g/mol. The topological polar surface area (TPSA) is 26.0 Å². The summed E-state index contributed by atoms with van der Waals surface area (Å²) in [5.41, 5.74) is 1.82. The number of fused-ring (bicyclic) bond motifs is 3. The normalized spacial score (nSPS) is 14.9. The molecule has 0 atom stereocenters. The molecular formula is C36H35NOSi. The second-order valence-electron chi connectivity index (χ2n) is 11.3. The van der Waals surface area contributed by atoms with E-state index in [1.54, 1.807) is 26.8 Å². The third-order valence-electron chi connectivity index (χ3n) is 7.45. The summed E-state index contributed by atoms with van der Waals surface area (Å²) >= 11 is 0. The fourth-order valence-electron chi connectivity index (χ4n) is 5.55. The number of furan rings is 1. The van der Waals surface area contributed by atoms with Crippen molar-refractivity contribution < 1.29 is 11.3 Å². The van der Waals surface area contributed by atoms with E-state index in [0.29, 0.717) is 16.8 Å². The largest absolute Gasteiger partial charge is 0.455 e. The van der Waals surface area contributed by atoms with Crippen LogP contribution in [0.2, 0.25) is 6.55 Å². The Morgan fingerprint density at radius 3 is 2.03 bits per heavy atom. The van der Waals surface area contributed by atoms with Gasteiger partial charge in [0.2, 0.25) is 0 Å². The number of para-hydroxylation sites is 2. The van der Waals surface area contributed by atoms with Gasteiger partial charge in [0.15, 0.2) is 0 Å². The molecule has 0 saturated heterocycles. The van der Waals surface area contributed by atoms with E-state index in [2.05, 4.69) is 78.3 Å². The maximum atomic E-state index is 8.98. The fraction of sp³-hybridized carbons (Fsp3) is 0.194. The summed E-state index contributed by atoms with van der Waals surface area (Å²) in [7, 11) is -2.51. The van der Waals surface area contributed by atoms with Crippen LogP contribution in [0.15, 0.2) is 114 Å². The lowest BCUT2D eigenvalue weighted by Crippen LogP contribution is -2.64. The van der Waals surface area contributed by atoms with Gasteiger partial charge in [0, 0.05) is 29.4 Å². The highest BCUT2D eigenvalue weighted by atomic mass is 28.3. The molecule has 6 aromatic rings. The molecule has 0 aliphatic rings. The summed E-state index contributed by atoms with van der Waals surface area (Å²) in [6.07, 6.45) is -0.620. The summed E-state index contributed by atoms with van der Waals surface area (Å²) in [4.78, 5) is 4.58. The Hall–Kier alpha value is -3.95. The van der Waals surface area contributed by atoms with Gasteiger partial charge in [0.1, 0.15) is 19.2 Å². The zero-order chi connectivity index (χ0) is 31.5. The van der Waals surface area contributed by atoms with Crippen LogP contribution in [0.3, 0.4) is 0 Å². The standard InChI is InChI=1S/C36H35NOSi/c1-25-24-37-32(22-26(25)23-36(2,3)4)31-20-12-18-29-30-19-13-21-33(35(30)38-34(29)31)39(5,27-14-8-6-9-15-27)28-16-10-7-11-17-28/h6-22,24H,23H2,1-5H3/i1D3,23D2. The van der Waals surface area contributed by atoms with Crippen LogP contribution >= 0.6 is 0 Å². The zero-order valence-electron chi connectivity index (χ0n) is 27.7. The third kappa shape index (κ3) is 4.51. The first kappa shape index (κ1) is 20.0. The van der Waals surface area contributed by atoms with Crippen LogP contribution in [0.4, 0.5) is 0 Å².